The number of hydrogen-bond acceptors (Lipinski definition) is 24. The number of rotatable bonds is 30. The Balaban J connectivity index is 0.941. The second-order valence-electron chi connectivity index (χ2n) is 30.0. The number of fused-ring (bicyclic) bond motifs is 1. The third-order valence-corrected chi connectivity index (χ3v) is 25.4. The molecule has 4 aliphatic heterocycles. The molecule has 614 valence electrons. The van der Waals surface area contributed by atoms with E-state index in [0.717, 1.165) is 5.56 Å². The molecule has 5 aliphatic rings. The number of aliphatic hydroxyl groups is 4. The van der Waals surface area contributed by atoms with Gasteiger partial charge in [0.25, 0.3) is 0 Å². The van der Waals surface area contributed by atoms with Gasteiger partial charge in [-0.05, 0) is 57.9 Å². The summed E-state index contributed by atoms with van der Waals surface area (Å²) in [6.45, 7) is 8.04. The summed E-state index contributed by atoms with van der Waals surface area (Å²) >= 11 is 0. The number of carbonyl (C=O) groups excluding carboxylic acids is 5. The Bertz CT molecular complexity index is 4210. The van der Waals surface area contributed by atoms with Gasteiger partial charge in [0.05, 0.1) is 31.9 Å². The zero-order chi connectivity index (χ0) is 80.9. The zero-order valence-corrected chi connectivity index (χ0v) is 65.4. The van der Waals surface area contributed by atoms with Crippen molar-refractivity contribution in [2.24, 2.45) is 0 Å². The van der Waals surface area contributed by atoms with Gasteiger partial charge in [-0.1, -0.05) is 245 Å². The van der Waals surface area contributed by atoms with Crippen LogP contribution in [0.3, 0.4) is 0 Å². The predicted octanol–water partition coefficient (Wildman–Crippen LogP) is 9.50. The minimum Gasteiger partial charge on any atom is -0.445 e. The largest absolute Gasteiger partial charge is 0.445 e. The van der Waals surface area contributed by atoms with Crippen LogP contribution in [0.5, 0.6) is 0 Å². The first-order valence-electron chi connectivity index (χ1n) is 38.4. The van der Waals surface area contributed by atoms with Gasteiger partial charge in [0.1, 0.15) is 118 Å². The molecule has 7 aromatic carbocycles. The fourth-order valence-electron chi connectivity index (χ4n) is 13.6. The van der Waals surface area contributed by atoms with Crippen LogP contribution in [0.15, 0.2) is 218 Å². The van der Waals surface area contributed by atoms with Crippen LogP contribution in [0.4, 0.5) is 24.0 Å². The summed E-state index contributed by atoms with van der Waals surface area (Å²) in [5.41, 5.74) is 4.63. The second kappa shape index (κ2) is 40.7. The van der Waals surface area contributed by atoms with E-state index in [1.807, 2.05) is 76.3 Å². The fraction of sp³-hybridized carbons (Fsp3) is 0.424. The Morgan fingerprint density at radius 2 is 0.878 bits per heavy atom. The monoisotopic (exact) mass is 1600 g/mol. The van der Waals surface area contributed by atoms with Crippen molar-refractivity contribution in [3.8, 4) is 0 Å². The van der Waals surface area contributed by atoms with E-state index in [-0.39, 0.29) is 59.3 Å². The third kappa shape index (κ3) is 23.5. The molecule has 7 aromatic rings. The van der Waals surface area contributed by atoms with Gasteiger partial charge in [-0.3, -0.25) is 0 Å². The highest BCUT2D eigenvalue weighted by molar-refractivity contribution is 6.74. The van der Waals surface area contributed by atoms with Crippen LogP contribution in [0.2, 0.25) is 18.1 Å². The first-order chi connectivity index (χ1) is 55.6. The van der Waals surface area contributed by atoms with E-state index in [1.165, 1.54) is 0 Å². The van der Waals surface area contributed by atoms with Crippen LogP contribution in [-0.4, -0.2) is 202 Å². The number of benzene rings is 7. The standard InChI is InChI=1S/C85H101N5O24Si/c1-85(2,3)115(4,5)107-52-64-73(113-77-65(89-83(98)105-49-57-36-21-10-22-37-57)69(93)68(92)62(108-77)45-86-80(95)102-46-54-30-15-7-16-31-54)75(100-43-27-40-53-28-13-6-14-29-53)79(110-64)114-74-67(91)60(87-81(96)103-47-55-32-17-8-18-33-55)44-61(88-82(97)104-48-56-34-19-9-20-35-56)71(74)111-78-66(90-84(99)106-50-58-38-23-11-24-39-58)70(94)72-63(109-78)51-101-76(112-72)59-41-25-12-26-42-59/h6-42,60-79,91-94H,43-52H2,1-5H3,(H,86,95)(H,87,96)(H,88,97)(H,89,98)(H,90,99)/b40-27+/t60-,61+,62+,63-,64-,65-,66-,67+,68-,69-,70-,71-,72-,73-,74-,75-,76?,77-,78-,79+/m1/s1. The fourth-order valence-corrected chi connectivity index (χ4v) is 14.6. The van der Waals surface area contributed by atoms with Crippen LogP contribution in [0, 0.1) is 0 Å². The van der Waals surface area contributed by atoms with E-state index in [1.54, 1.807) is 182 Å². The molecule has 0 spiro atoms. The Morgan fingerprint density at radius 3 is 1.38 bits per heavy atom. The number of aliphatic hydroxyl groups excluding tert-OH is 4. The molecule has 0 bridgehead atoms. The Hall–Kier alpha value is -9.71. The summed E-state index contributed by atoms with van der Waals surface area (Å²) in [6.07, 6.45) is -27.2. The third-order valence-electron chi connectivity index (χ3n) is 20.9. The normalized spacial score (nSPS) is 28.0. The smallest absolute Gasteiger partial charge is 0.407 e. The molecule has 1 unspecified atom stereocenters. The molecular formula is C85H101N5O24Si. The Labute approximate surface area is 668 Å². The molecule has 0 radical (unpaired) electrons. The SMILES string of the molecule is CC(C)(C)[Si](C)(C)OC[C@H]1O[C@@H](O[C@@H]2[C@@H](O)[C@H](NC(=O)OCc3ccccc3)C[C@H](NC(=O)OCc3ccccc3)[C@H]2O[C@H]2O[C@@H]3COC(c4ccccc4)O[C@H]3[C@H](O)[C@H]2NC(=O)OCc2ccccc2)[C@H](OC/C=C/c2ccccc2)[C@@H]1O[C@H]1O[C@@H](CNC(=O)OCc2ccccc2)[C@@H](O)[C@H](O)[C@H]1NC(=O)OCc1ccccc1. The molecule has 5 fully saturated rings. The summed E-state index contributed by atoms with van der Waals surface area (Å²) in [5.74, 6) is 0. The van der Waals surface area contributed by atoms with Gasteiger partial charge in [0.2, 0.25) is 0 Å². The number of nitrogens with one attached hydrogen (secondary N) is 5. The van der Waals surface area contributed by atoms with Crippen molar-refractivity contribution in [1.82, 2.24) is 26.6 Å². The van der Waals surface area contributed by atoms with Gasteiger partial charge in [-0.2, -0.15) is 0 Å². The highest BCUT2D eigenvalue weighted by Gasteiger charge is 2.59. The summed E-state index contributed by atoms with van der Waals surface area (Å²) in [7, 11) is -2.81. The number of alkyl carbamates (subject to hydrolysis) is 5. The van der Waals surface area contributed by atoms with Crippen molar-refractivity contribution >= 4 is 44.9 Å². The second-order valence-corrected chi connectivity index (χ2v) is 34.8. The van der Waals surface area contributed by atoms with Gasteiger partial charge in [-0.15, -0.1) is 0 Å². The minimum absolute atomic E-state index is 0.109. The summed E-state index contributed by atoms with van der Waals surface area (Å²) in [6, 6.07) is 56.5. The van der Waals surface area contributed by atoms with E-state index in [0.29, 0.717) is 33.4 Å². The maximum atomic E-state index is 14.7. The van der Waals surface area contributed by atoms with Crippen LogP contribution in [0.25, 0.3) is 6.08 Å². The highest BCUT2D eigenvalue weighted by atomic mass is 28.4. The maximum Gasteiger partial charge on any atom is 0.407 e. The lowest BCUT2D eigenvalue weighted by molar-refractivity contribution is -0.358. The lowest BCUT2D eigenvalue weighted by Crippen LogP contribution is -2.71. The molecule has 1 saturated carbocycles. The molecule has 115 heavy (non-hydrogen) atoms. The van der Waals surface area contributed by atoms with Crippen molar-refractivity contribution in [3.05, 3.63) is 257 Å². The Kier molecular flexibility index (Phi) is 30.0. The molecule has 9 N–H and O–H groups in total. The van der Waals surface area contributed by atoms with Crippen LogP contribution in [0.1, 0.15) is 72.4 Å². The van der Waals surface area contributed by atoms with E-state index < -0.39 is 173 Å². The molecule has 4 heterocycles. The quantitative estimate of drug-likeness (QED) is 0.0149. The summed E-state index contributed by atoms with van der Waals surface area (Å²) < 4.78 is 97.5. The summed E-state index contributed by atoms with van der Waals surface area (Å²) in [5, 5.41) is 64.0. The van der Waals surface area contributed by atoms with Crippen molar-refractivity contribution in [2.45, 2.75) is 201 Å². The molecule has 4 saturated heterocycles. The first-order valence-corrected chi connectivity index (χ1v) is 41.3. The molecule has 29 nitrogen and oxygen atoms in total. The topological polar surface area (TPSA) is 365 Å². The molecule has 0 aromatic heterocycles. The van der Waals surface area contributed by atoms with Crippen LogP contribution in [-0.2, 0) is 104 Å². The lowest BCUT2D eigenvalue weighted by Gasteiger charge is -2.51. The van der Waals surface area contributed by atoms with Crippen molar-refractivity contribution in [1.29, 1.82) is 0 Å². The van der Waals surface area contributed by atoms with E-state index in [9.17, 15) is 44.4 Å². The molecule has 5 amide bonds. The van der Waals surface area contributed by atoms with E-state index >= 15 is 0 Å². The maximum absolute atomic E-state index is 14.7. The van der Waals surface area contributed by atoms with Gasteiger partial charge < -0.3 is 118 Å². The number of carbonyl (C=O) groups is 5. The molecule has 12 rings (SSSR count). The van der Waals surface area contributed by atoms with Gasteiger partial charge >= 0.3 is 30.5 Å². The van der Waals surface area contributed by atoms with Gasteiger partial charge in [0, 0.05) is 12.1 Å². The Morgan fingerprint density at radius 1 is 0.452 bits per heavy atom. The van der Waals surface area contributed by atoms with Gasteiger partial charge in [0.15, 0.2) is 33.5 Å². The van der Waals surface area contributed by atoms with E-state index in [2.05, 4.69) is 26.6 Å². The number of hydrogen-bond donors (Lipinski definition) is 9. The number of ether oxygens (including phenoxy) is 14. The zero-order valence-electron chi connectivity index (χ0n) is 64.4. The molecule has 1 aliphatic carbocycles. The first kappa shape index (κ1) is 84.7. The van der Waals surface area contributed by atoms with Gasteiger partial charge in [-0.25, -0.2) is 24.0 Å². The lowest BCUT2D eigenvalue weighted by atomic mass is 9.83. The van der Waals surface area contributed by atoms with Crippen molar-refractivity contribution < 1.29 is 115 Å². The number of amides is 5. The average Bonchev–Trinajstić information content (AvgIpc) is 1.57. The molecular weight excluding hydrogens is 1500 g/mol. The van der Waals surface area contributed by atoms with Crippen LogP contribution < -0.4 is 26.6 Å². The van der Waals surface area contributed by atoms with Crippen LogP contribution >= 0.6 is 0 Å². The minimum atomic E-state index is -2.81. The predicted molar refractivity (Wildman–Crippen MR) is 416 cm³/mol. The molecule has 20 atom stereocenters. The summed E-state index contributed by atoms with van der Waals surface area (Å²) in [4.78, 5) is 70.9. The van der Waals surface area contributed by atoms with Crippen molar-refractivity contribution in [3.63, 3.8) is 0 Å². The van der Waals surface area contributed by atoms with Crippen molar-refractivity contribution in [2.75, 3.05) is 26.4 Å². The van der Waals surface area contributed by atoms with E-state index in [4.69, 9.17) is 70.7 Å². The highest BCUT2D eigenvalue weighted by Crippen LogP contribution is 2.42. The average molecular weight is 1600 g/mol. The molecule has 30 heteroatoms.